The van der Waals surface area contributed by atoms with Gasteiger partial charge in [-0.3, -0.25) is 9.59 Å². The maximum absolute atomic E-state index is 12.7. The van der Waals surface area contributed by atoms with Crippen molar-refractivity contribution in [2.75, 3.05) is 18.8 Å². The molecule has 1 N–H and O–H groups in total. The molecule has 6 heteroatoms. The van der Waals surface area contributed by atoms with Crippen LogP contribution in [0.1, 0.15) is 32.3 Å². The normalized spacial score (nSPS) is 23.9. The number of hydrogen-bond acceptors (Lipinski definition) is 4. The molecular formula is C19H26N2O3S. The van der Waals surface area contributed by atoms with Crippen LogP contribution in [-0.4, -0.2) is 52.4 Å². The lowest BCUT2D eigenvalue weighted by molar-refractivity contribution is -0.138. The van der Waals surface area contributed by atoms with E-state index in [0.29, 0.717) is 18.8 Å². The minimum absolute atomic E-state index is 0.0330. The molecule has 0 aliphatic carbocycles. The van der Waals surface area contributed by atoms with Crippen LogP contribution in [0, 0.1) is 6.92 Å². The molecule has 2 saturated heterocycles. The van der Waals surface area contributed by atoms with Crippen LogP contribution >= 0.6 is 11.8 Å². The zero-order valence-electron chi connectivity index (χ0n) is 15.1. The van der Waals surface area contributed by atoms with Crippen molar-refractivity contribution in [1.82, 2.24) is 10.2 Å². The minimum Gasteiger partial charge on any atom is -0.490 e. The minimum atomic E-state index is -0.453. The van der Waals surface area contributed by atoms with Crippen LogP contribution in [0.5, 0.6) is 5.75 Å². The number of benzene rings is 1. The van der Waals surface area contributed by atoms with Gasteiger partial charge in [0.05, 0.1) is 4.75 Å². The highest BCUT2D eigenvalue weighted by atomic mass is 32.2. The molecule has 2 aliphatic heterocycles. The van der Waals surface area contributed by atoms with Crippen LogP contribution in [0.3, 0.4) is 0 Å². The average Bonchev–Trinajstić information content (AvgIpc) is 2.59. The number of hydrogen-bond donors (Lipinski definition) is 1. The van der Waals surface area contributed by atoms with Crippen LogP contribution < -0.4 is 10.1 Å². The molecule has 3 rings (SSSR count). The number of aryl methyl sites for hydroxylation is 1. The van der Waals surface area contributed by atoms with E-state index in [0.717, 1.165) is 24.2 Å². The Hall–Kier alpha value is -1.69. The first-order valence-corrected chi connectivity index (χ1v) is 9.81. The van der Waals surface area contributed by atoms with E-state index in [-0.39, 0.29) is 17.9 Å². The third-order valence-corrected chi connectivity index (χ3v) is 6.31. The Morgan fingerprint density at radius 3 is 2.60 bits per heavy atom. The van der Waals surface area contributed by atoms with Crippen molar-refractivity contribution in [3.05, 3.63) is 29.8 Å². The lowest BCUT2D eigenvalue weighted by Gasteiger charge is -2.38. The monoisotopic (exact) mass is 362 g/mol. The Bertz CT molecular complexity index is 654. The van der Waals surface area contributed by atoms with Gasteiger partial charge in [0.1, 0.15) is 17.9 Å². The van der Waals surface area contributed by atoms with E-state index in [4.69, 9.17) is 4.74 Å². The van der Waals surface area contributed by atoms with E-state index in [1.807, 2.05) is 49.9 Å². The van der Waals surface area contributed by atoms with E-state index < -0.39 is 10.8 Å². The van der Waals surface area contributed by atoms with E-state index in [9.17, 15) is 9.59 Å². The van der Waals surface area contributed by atoms with Crippen LogP contribution in [0.15, 0.2) is 24.3 Å². The Morgan fingerprint density at radius 2 is 1.96 bits per heavy atom. The molecule has 5 nitrogen and oxygen atoms in total. The number of nitrogens with one attached hydrogen (secondary N) is 1. The summed E-state index contributed by atoms with van der Waals surface area (Å²) in [4.78, 5) is 26.6. The summed E-state index contributed by atoms with van der Waals surface area (Å²) in [5.41, 5.74) is 1.13. The first-order chi connectivity index (χ1) is 11.9. The highest BCUT2D eigenvalue weighted by Gasteiger charge is 2.39. The third-order valence-electron chi connectivity index (χ3n) is 4.90. The molecule has 0 aromatic heterocycles. The van der Waals surface area contributed by atoms with Crippen LogP contribution in [0.2, 0.25) is 0 Å². The van der Waals surface area contributed by atoms with Crippen molar-refractivity contribution < 1.29 is 14.3 Å². The fourth-order valence-electron chi connectivity index (χ4n) is 3.15. The van der Waals surface area contributed by atoms with Gasteiger partial charge in [-0.2, -0.15) is 0 Å². The molecule has 2 amide bonds. The van der Waals surface area contributed by atoms with Crippen molar-refractivity contribution in [2.24, 2.45) is 0 Å². The predicted molar refractivity (Wildman–Crippen MR) is 99.9 cm³/mol. The zero-order chi connectivity index (χ0) is 18.0. The van der Waals surface area contributed by atoms with Gasteiger partial charge < -0.3 is 15.0 Å². The standard InChI is InChI=1S/C19H26N2O3S/c1-13-6-4-5-7-16(13)24-14-8-10-21(11-9-14)17(22)15-12-25-19(2,3)18(23)20-15/h4-7,14-15H,8-12H2,1-3H3,(H,20,23)/t15-/m0/s1. The molecule has 1 aromatic rings. The second-order valence-corrected chi connectivity index (χ2v) is 8.90. The summed E-state index contributed by atoms with van der Waals surface area (Å²) in [5, 5.41) is 2.88. The maximum atomic E-state index is 12.7. The van der Waals surface area contributed by atoms with E-state index in [2.05, 4.69) is 5.32 Å². The Kier molecular flexibility index (Phi) is 5.27. The Labute approximate surface area is 153 Å². The molecule has 1 atom stereocenters. The van der Waals surface area contributed by atoms with Crippen LogP contribution in [0.25, 0.3) is 0 Å². The maximum Gasteiger partial charge on any atom is 0.246 e. The van der Waals surface area contributed by atoms with Crippen LogP contribution in [-0.2, 0) is 9.59 Å². The fourth-order valence-corrected chi connectivity index (χ4v) is 4.15. The molecule has 0 radical (unpaired) electrons. The summed E-state index contributed by atoms with van der Waals surface area (Å²) in [5.74, 6) is 1.54. The fraction of sp³-hybridized carbons (Fsp3) is 0.579. The van der Waals surface area contributed by atoms with Crippen molar-refractivity contribution in [3.63, 3.8) is 0 Å². The van der Waals surface area contributed by atoms with Gasteiger partial charge >= 0.3 is 0 Å². The number of carbonyl (C=O) groups excluding carboxylic acids is 2. The van der Waals surface area contributed by atoms with E-state index in [1.165, 1.54) is 0 Å². The molecule has 1 aromatic carbocycles. The zero-order valence-corrected chi connectivity index (χ0v) is 15.9. The molecule has 0 unspecified atom stereocenters. The summed E-state index contributed by atoms with van der Waals surface area (Å²) >= 11 is 1.55. The summed E-state index contributed by atoms with van der Waals surface area (Å²) in [6.45, 7) is 7.18. The molecule has 0 bridgehead atoms. The largest absolute Gasteiger partial charge is 0.490 e. The number of thioether (sulfide) groups is 1. The average molecular weight is 362 g/mol. The highest BCUT2D eigenvalue weighted by molar-refractivity contribution is 8.01. The lowest BCUT2D eigenvalue weighted by Crippen LogP contribution is -2.58. The number of rotatable bonds is 3. The van der Waals surface area contributed by atoms with E-state index in [1.54, 1.807) is 11.8 Å². The summed E-state index contributed by atoms with van der Waals surface area (Å²) < 4.78 is 5.64. The summed E-state index contributed by atoms with van der Waals surface area (Å²) in [7, 11) is 0. The van der Waals surface area contributed by atoms with Gasteiger partial charge in [0.25, 0.3) is 0 Å². The van der Waals surface area contributed by atoms with Gasteiger partial charge in [0, 0.05) is 31.7 Å². The number of carbonyl (C=O) groups is 2. The van der Waals surface area contributed by atoms with Gasteiger partial charge in [0.2, 0.25) is 11.8 Å². The number of para-hydroxylation sites is 1. The van der Waals surface area contributed by atoms with Gasteiger partial charge in [-0.15, -0.1) is 11.8 Å². The molecule has 136 valence electrons. The highest BCUT2D eigenvalue weighted by Crippen LogP contribution is 2.30. The first kappa shape index (κ1) is 18.1. The van der Waals surface area contributed by atoms with Crippen molar-refractivity contribution in [2.45, 2.75) is 50.5 Å². The molecule has 2 heterocycles. The lowest BCUT2D eigenvalue weighted by atomic mass is 10.1. The van der Waals surface area contributed by atoms with Crippen molar-refractivity contribution >= 4 is 23.6 Å². The number of ether oxygens (including phenoxy) is 1. The van der Waals surface area contributed by atoms with Gasteiger partial charge in [-0.1, -0.05) is 18.2 Å². The van der Waals surface area contributed by atoms with Gasteiger partial charge in [0.15, 0.2) is 0 Å². The van der Waals surface area contributed by atoms with Gasteiger partial charge in [-0.05, 0) is 32.4 Å². The van der Waals surface area contributed by atoms with Crippen molar-refractivity contribution in [3.8, 4) is 5.75 Å². The SMILES string of the molecule is Cc1ccccc1OC1CCN(C(=O)[C@@H]2CSC(C)(C)C(=O)N2)CC1. The number of likely N-dealkylation sites (tertiary alicyclic amines) is 1. The Balaban J connectivity index is 1.51. The topological polar surface area (TPSA) is 58.6 Å². The van der Waals surface area contributed by atoms with Gasteiger partial charge in [-0.25, -0.2) is 0 Å². The molecule has 2 aliphatic rings. The van der Waals surface area contributed by atoms with Crippen molar-refractivity contribution in [1.29, 1.82) is 0 Å². The first-order valence-electron chi connectivity index (χ1n) is 8.83. The van der Waals surface area contributed by atoms with Crippen LogP contribution in [0.4, 0.5) is 0 Å². The Morgan fingerprint density at radius 1 is 1.28 bits per heavy atom. The second kappa shape index (κ2) is 7.28. The number of amides is 2. The quantitative estimate of drug-likeness (QED) is 0.897. The molecule has 2 fully saturated rings. The predicted octanol–water partition coefficient (Wildman–Crippen LogP) is 2.38. The molecule has 25 heavy (non-hydrogen) atoms. The number of piperidine rings is 1. The smallest absolute Gasteiger partial charge is 0.246 e. The third kappa shape index (κ3) is 4.11. The molecule has 0 saturated carbocycles. The molecular weight excluding hydrogens is 336 g/mol. The van der Waals surface area contributed by atoms with E-state index >= 15 is 0 Å². The second-order valence-electron chi connectivity index (χ2n) is 7.26. The summed E-state index contributed by atoms with van der Waals surface area (Å²) in [6.07, 6.45) is 1.78. The summed E-state index contributed by atoms with van der Waals surface area (Å²) in [6, 6.07) is 7.61. The molecule has 0 spiro atoms. The number of nitrogens with zero attached hydrogens (tertiary/aromatic N) is 1.